The van der Waals surface area contributed by atoms with E-state index in [1.807, 2.05) is 45.9 Å². The van der Waals surface area contributed by atoms with E-state index < -0.39 is 23.8 Å². The molecule has 0 saturated carbocycles. The van der Waals surface area contributed by atoms with Crippen molar-refractivity contribution in [3.05, 3.63) is 34.9 Å². The van der Waals surface area contributed by atoms with Crippen molar-refractivity contribution < 1.29 is 19.1 Å². The lowest BCUT2D eigenvalue weighted by Crippen LogP contribution is -2.52. The SMILES string of the molecule is CCCCNC(=O)C(c1cc(C)cc(C)c1)N(C)C(=O)C(CC(C)C)NC(=O)OC(C)(C)C. The van der Waals surface area contributed by atoms with E-state index in [1.54, 1.807) is 27.8 Å². The van der Waals surface area contributed by atoms with Gasteiger partial charge in [-0.05, 0) is 58.9 Å². The van der Waals surface area contributed by atoms with Crippen LogP contribution in [0.3, 0.4) is 0 Å². The first-order chi connectivity index (χ1) is 15.2. The van der Waals surface area contributed by atoms with Gasteiger partial charge >= 0.3 is 6.09 Å². The number of ether oxygens (including phenoxy) is 1. The van der Waals surface area contributed by atoms with Gasteiger partial charge in [0.15, 0.2) is 0 Å². The minimum absolute atomic E-state index is 0.153. The van der Waals surface area contributed by atoms with E-state index in [2.05, 4.69) is 17.6 Å². The number of alkyl carbamates (subject to hydrolysis) is 1. The highest BCUT2D eigenvalue weighted by Gasteiger charge is 2.34. The number of aryl methyl sites for hydroxylation is 2. The summed E-state index contributed by atoms with van der Waals surface area (Å²) in [6.07, 6.45) is 1.60. The first-order valence-corrected chi connectivity index (χ1v) is 11.9. The van der Waals surface area contributed by atoms with Crippen LogP contribution in [-0.2, 0) is 14.3 Å². The van der Waals surface area contributed by atoms with Gasteiger partial charge in [-0.3, -0.25) is 9.59 Å². The topological polar surface area (TPSA) is 87.7 Å². The van der Waals surface area contributed by atoms with E-state index in [1.165, 1.54) is 4.90 Å². The number of hydrogen-bond donors (Lipinski definition) is 2. The maximum Gasteiger partial charge on any atom is 0.408 e. The van der Waals surface area contributed by atoms with Crippen LogP contribution in [0.4, 0.5) is 4.79 Å². The number of rotatable bonds is 10. The van der Waals surface area contributed by atoms with E-state index in [0.717, 1.165) is 29.5 Å². The molecule has 0 radical (unpaired) electrons. The highest BCUT2D eigenvalue weighted by Crippen LogP contribution is 2.24. The number of benzene rings is 1. The Morgan fingerprint density at radius 1 is 1.06 bits per heavy atom. The molecule has 7 heteroatoms. The molecule has 186 valence electrons. The number of hydrogen-bond acceptors (Lipinski definition) is 4. The van der Waals surface area contributed by atoms with Gasteiger partial charge in [0.05, 0.1) is 0 Å². The van der Waals surface area contributed by atoms with Crippen LogP contribution < -0.4 is 10.6 Å². The number of nitrogens with zero attached hydrogens (tertiary/aromatic N) is 1. The first kappa shape index (κ1) is 28.5. The zero-order valence-electron chi connectivity index (χ0n) is 21.9. The normalized spacial score (nSPS) is 13.3. The summed E-state index contributed by atoms with van der Waals surface area (Å²) >= 11 is 0. The molecule has 7 nitrogen and oxygen atoms in total. The average molecular weight is 462 g/mol. The van der Waals surface area contributed by atoms with Crippen molar-refractivity contribution in [3.8, 4) is 0 Å². The molecule has 0 aliphatic heterocycles. The minimum atomic E-state index is -0.804. The molecule has 1 rings (SSSR count). The van der Waals surface area contributed by atoms with Crippen LogP contribution in [0.15, 0.2) is 18.2 Å². The number of amides is 3. The highest BCUT2D eigenvalue weighted by atomic mass is 16.6. The van der Waals surface area contributed by atoms with Gasteiger partial charge < -0.3 is 20.3 Å². The largest absolute Gasteiger partial charge is 0.444 e. The molecule has 2 unspecified atom stereocenters. The Hall–Kier alpha value is -2.57. The molecule has 0 aromatic heterocycles. The maximum atomic E-state index is 13.6. The summed E-state index contributed by atoms with van der Waals surface area (Å²) in [5.41, 5.74) is 2.10. The number of unbranched alkanes of at least 4 members (excludes halogenated alkanes) is 1. The molecule has 3 amide bonds. The number of carbonyl (C=O) groups excluding carboxylic acids is 3. The third-order valence-corrected chi connectivity index (χ3v) is 5.07. The Bertz CT molecular complexity index is 794. The summed E-state index contributed by atoms with van der Waals surface area (Å²) < 4.78 is 5.37. The molecule has 1 aromatic carbocycles. The fourth-order valence-electron chi connectivity index (χ4n) is 3.72. The summed E-state index contributed by atoms with van der Waals surface area (Å²) in [6.45, 7) is 15.8. The van der Waals surface area contributed by atoms with Crippen molar-refractivity contribution in [1.82, 2.24) is 15.5 Å². The number of likely N-dealkylation sites (N-methyl/N-ethyl adjacent to an activating group) is 1. The minimum Gasteiger partial charge on any atom is -0.444 e. The molecule has 0 bridgehead atoms. The monoisotopic (exact) mass is 461 g/mol. The van der Waals surface area contributed by atoms with E-state index in [4.69, 9.17) is 4.74 Å². The lowest BCUT2D eigenvalue weighted by atomic mass is 9.97. The second kappa shape index (κ2) is 12.6. The zero-order valence-corrected chi connectivity index (χ0v) is 21.9. The maximum absolute atomic E-state index is 13.6. The highest BCUT2D eigenvalue weighted by molar-refractivity contribution is 5.92. The molecule has 2 N–H and O–H groups in total. The zero-order chi connectivity index (χ0) is 25.3. The second-order valence-electron chi connectivity index (χ2n) is 10.2. The van der Waals surface area contributed by atoms with Crippen molar-refractivity contribution >= 4 is 17.9 Å². The summed E-state index contributed by atoms with van der Waals surface area (Å²) in [7, 11) is 1.62. The third kappa shape index (κ3) is 9.84. The molecule has 2 atom stereocenters. The smallest absolute Gasteiger partial charge is 0.408 e. The first-order valence-electron chi connectivity index (χ1n) is 11.9. The van der Waals surface area contributed by atoms with Gasteiger partial charge in [-0.15, -0.1) is 0 Å². The molecule has 1 aromatic rings. The Morgan fingerprint density at radius 2 is 1.64 bits per heavy atom. The van der Waals surface area contributed by atoms with Crippen molar-refractivity contribution in [1.29, 1.82) is 0 Å². The summed E-state index contributed by atoms with van der Waals surface area (Å²) in [6, 6.07) is 4.28. The van der Waals surface area contributed by atoms with Gasteiger partial charge in [0.1, 0.15) is 17.7 Å². The Labute approximate surface area is 199 Å². The van der Waals surface area contributed by atoms with Crippen molar-refractivity contribution in [2.24, 2.45) is 5.92 Å². The molecular formula is C26H43N3O4. The fraction of sp³-hybridized carbons (Fsp3) is 0.654. The lowest BCUT2D eigenvalue weighted by molar-refractivity contribution is -0.141. The standard InChI is InChI=1S/C26H43N3O4/c1-10-11-12-27-23(30)22(20-15-18(4)14-19(5)16-20)29(9)24(31)21(13-17(2)3)28-25(32)33-26(6,7)8/h14-17,21-22H,10-13H2,1-9H3,(H,27,30)(H,28,32). The van der Waals surface area contributed by atoms with Crippen molar-refractivity contribution in [2.45, 2.75) is 92.3 Å². The molecule has 0 fully saturated rings. The molecule has 0 aliphatic rings. The van der Waals surface area contributed by atoms with Crippen LogP contribution >= 0.6 is 0 Å². The van der Waals surface area contributed by atoms with Crippen LogP contribution in [-0.4, -0.2) is 48.0 Å². The van der Waals surface area contributed by atoms with E-state index in [0.29, 0.717) is 13.0 Å². The predicted molar refractivity (Wildman–Crippen MR) is 132 cm³/mol. The fourth-order valence-corrected chi connectivity index (χ4v) is 3.72. The van der Waals surface area contributed by atoms with Crippen molar-refractivity contribution in [3.63, 3.8) is 0 Å². The summed E-state index contributed by atoms with van der Waals surface area (Å²) in [5.74, 6) is -0.408. The quantitative estimate of drug-likeness (QED) is 0.496. The predicted octanol–water partition coefficient (Wildman–Crippen LogP) is 4.66. The summed E-state index contributed by atoms with van der Waals surface area (Å²) in [5, 5.41) is 5.69. The Kier molecular flexibility index (Phi) is 10.9. The van der Waals surface area contributed by atoms with Gasteiger partial charge in [0, 0.05) is 13.6 Å². The number of nitrogens with one attached hydrogen (secondary N) is 2. The van der Waals surface area contributed by atoms with E-state index >= 15 is 0 Å². The summed E-state index contributed by atoms with van der Waals surface area (Å²) in [4.78, 5) is 40.7. The van der Waals surface area contributed by atoms with Gasteiger partial charge in [-0.25, -0.2) is 4.79 Å². The Morgan fingerprint density at radius 3 is 2.12 bits per heavy atom. The van der Waals surface area contributed by atoms with Gasteiger partial charge in [-0.2, -0.15) is 0 Å². The van der Waals surface area contributed by atoms with Crippen LogP contribution in [0, 0.1) is 19.8 Å². The van der Waals surface area contributed by atoms with Crippen molar-refractivity contribution in [2.75, 3.05) is 13.6 Å². The van der Waals surface area contributed by atoms with Crippen LogP contribution in [0.25, 0.3) is 0 Å². The molecule has 0 aliphatic carbocycles. The molecule has 33 heavy (non-hydrogen) atoms. The molecule has 0 heterocycles. The van der Waals surface area contributed by atoms with Gasteiger partial charge in [-0.1, -0.05) is 56.5 Å². The van der Waals surface area contributed by atoms with Crippen LogP contribution in [0.5, 0.6) is 0 Å². The lowest BCUT2D eigenvalue weighted by Gasteiger charge is -2.32. The van der Waals surface area contributed by atoms with E-state index in [-0.39, 0.29) is 17.7 Å². The third-order valence-electron chi connectivity index (χ3n) is 5.07. The van der Waals surface area contributed by atoms with Gasteiger partial charge in [0.2, 0.25) is 11.8 Å². The Balaban J connectivity index is 3.26. The van der Waals surface area contributed by atoms with E-state index in [9.17, 15) is 14.4 Å². The van der Waals surface area contributed by atoms with Crippen LogP contribution in [0.1, 0.15) is 83.5 Å². The van der Waals surface area contributed by atoms with Crippen LogP contribution in [0.2, 0.25) is 0 Å². The molecule has 0 spiro atoms. The average Bonchev–Trinajstić information content (AvgIpc) is 2.64. The second-order valence-corrected chi connectivity index (χ2v) is 10.2. The number of carbonyl (C=O) groups is 3. The molecule has 0 saturated heterocycles. The van der Waals surface area contributed by atoms with Gasteiger partial charge in [0.25, 0.3) is 0 Å². The molecular weight excluding hydrogens is 418 g/mol.